The van der Waals surface area contributed by atoms with Crippen LogP contribution in [0.2, 0.25) is 0 Å². The van der Waals surface area contributed by atoms with Gasteiger partial charge in [-0.3, -0.25) is 24.4 Å². The predicted octanol–water partition coefficient (Wildman–Crippen LogP) is 3.58. The van der Waals surface area contributed by atoms with E-state index in [2.05, 4.69) is 15.4 Å². The number of nitrogens with one attached hydrogen (secondary N) is 1. The van der Waals surface area contributed by atoms with E-state index in [9.17, 15) is 14.4 Å². The van der Waals surface area contributed by atoms with Crippen molar-refractivity contribution in [3.05, 3.63) is 51.2 Å². The second-order valence-electron chi connectivity index (χ2n) is 9.14. The molecule has 1 N–H and O–H groups in total. The molecule has 34 heavy (non-hydrogen) atoms. The molecule has 2 aliphatic rings. The molecule has 9 nitrogen and oxygen atoms in total. The van der Waals surface area contributed by atoms with Crippen molar-refractivity contribution in [2.24, 2.45) is 13.0 Å². The fourth-order valence-corrected chi connectivity index (χ4v) is 5.50. The van der Waals surface area contributed by atoms with Gasteiger partial charge in [-0.25, -0.2) is 4.98 Å². The number of amides is 2. The molecule has 3 aromatic rings. The topological polar surface area (TPSA) is 110 Å². The Kier molecular flexibility index (Phi) is 5.63. The Morgan fingerprint density at radius 1 is 1.26 bits per heavy atom. The molecule has 0 saturated heterocycles. The van der Waals surface area contributed by atoms with Crippen LogP contribution in [0.15, 0.2) is 16.7 Å². The largest absolute Gasteiger partial charge is 0.469 e. The van der Waals surface area contributed by atoms with Crippen LogP contribution in [0.1, 0.15) is 67.7 Å². The maximum Gasteiger partial charge on any atom is 0.260 e. The zero-order valence-electron chi connectivity index (χ0n) is 19.7. The molecule has 0 radical (unpaired) electrons. The summed E-state index contributed by atoms with van der Waals surface area (Å²) in [6, 6.07) is 1.81. The molecule has 3 aromatic heterocycles. The molecule has 1 atom stereocenters. The molecule has 0 spiro atoms. The molecule has 0 bridgehead atoms. The summed E-state index contributed by atoms with van der Waals surface area (Å²) in [5, 5.41) is 7.60. The zero-order chi connectivity index (χ0) is 24.1. The van der Waals surface area contributed by atoms with Gasteiger partial charge in [0.2, 0.25) is 5.91 Å². The van der Waals surface area contributed by atoms with Crippen molar-refractivity contribution in [2.75, 3.05) is 5.32 Å². The van der Waals surface area contributed by atoms with E-state index < -0.39 is 5.92 Å². The lowest BCUT2D eigenvalue weighted by molar-refractivity contribution is -0.136. The molecule has 0 aliphatic heterocycles. The van der Waals surface area contributed by atoms with Crippen LogP contribution in [0.5, 0.6) is 0 Å². The third-order valence-corrected chi connectivity index (χ3v) is 7.81. The first-order valence-electron chi connectivity index (χ1n) is 11.4. The van der Waals surface area contributed by atoms with E-state index >= 15 is 0 Å². The number of hydrogen-bond acceptors (Lipinski definition) is 7. The number of fused-ring (bicyclic) bond motifs is 1. The minimum absolute atomic E-state index is 0.00300. The van der Waals surface area contributed by atoms with Crippen molar-refractivity contribution in [2.45, 2.75) is 59.0 Å². The minimum Gasteiger partial charge on any atom is -0.469 e. The summed E-state index contributed by atoms with van der Waals surface area (Å²) in [5.74, 6) is -0.364. The average Bonchev–Trinajstić information content (AvgIpc) is 3.32. The highest BCUT2D eigenvalue weighted by Crippen LogP contribution is 2.36. The lowest BCUT2D eigenvalue weighted by Gasteiger charge is -2.29. The smallest absolute Gasteiger partial charge is 0.260 e. The highest BCUT2D eigenvalue weighted by atomic mass is 32.1. The Balaban J connectivity index is 1.33. The number of aromatic nitrogens is 3. The first-order valence-corrected chi connectivity index (χ1v) is 12.2. The van der Waals surface area contributed by atoms with Crippen molar-refractivity contribution >= 4 is 34.1 Å². The lowest BCUT2D eigenvalue weighted by Crippen LogP contribution is -2.40. The highest BCUT2D eigenvalue weighted by Gasteiger charge is 2.40. The van der Waals surface area contributed by atoms with Gasteiger partial charge in [0, 0.05) is 43.7 Å². The van der Waals surface area contributed by atoms with Gasteiger partial charge in [-0.1, -0.05) is 11.3 Å². The summed E-state index contributed by atoms with van der Waals surface area (Å²) in [4.78, 5) is 46.0. The van der Waals surface area contributed by atoms with Gasteiger partial charge in [0.1, 0.15) is 5.76 Å². The molecular weight excluding hydrogens is 454 g/mol. The fourth-order valence-electron chi connectivity index (χ4n) is 4.57. The molecule has 1 fully saturated rings. The van der Waals surface area contributed by atoms with Gasteiger partial charge < -0.3 is 9.32 Å². The number of furan rings is 1. The summed E-state index contributed by atoms with van der Waals surface area (Å²) >= 11 is 1.17. The van der Waals surface area contributed by atoms with Crippen LogP contribution < -0.4 is 5.32 Å². The van der Waals surface area contributed by atoms with Crippen molar-refractivity contribution in [1.82, 2.24) is 19.7 Å². The number of anilines is 1. The van der Waals surface area contributed by atoms with Gasteiger partial charge >= 0.3 is 0 Å². The SMILES string of the molecule is Cc1nn(C)c(C)c1CN(C(=O)[C@@H]1CC(=O)c2sc(NC(=O)c3ccoc3C)nc2C1)C1CC1. The van der Waals surface area contributed by atoms with Gasteiger partial charge in [-0.15, -0.1) is 0 Å². The molecule has 5 rings (SSSR count). The number of nitrogens with zero attached hydrogens (tertiary/aromatic N) is 4. The number of ketones is 1. The van der Waals surface area contributed by atoms with E-state index in [-0.39, 0.29) is 30.1 Å². The van der Waals surface area contributed by atoms with Crippen molar-refractivity contribution < 1.29 is 18.8 Å². The number of aryl methyl sites for hydroxylation is 3. The molecular formula is C24H27N5O4S. The maximum absolute atomic E-state index is 13.6. The number of carbonyl (C=O) groups is 3. The molecule has 0 aromatic carbocycles. The van der Waals surface area contributed by atoms with E-state index in [1.54, 1.807) is 13.0 Å². The first-order chi connectivity index (χ1) is 16.2. The highest BCUT2D eigenvalue weighted by molar-refractivity contribution is 7.17. The first kappa shape index (κ1) is 22.5. The second-order valence-corrected chi connectivity index (χ2v) is 10.1. The monoisotopic (exact) mass is 481 g/mol. The van der Waals surface area contributed by atoms with E-state index in [1.807, 2.05) is 30.5 Å². The summed E-state index contributed by atoms with van der Waals surface area (Å²) < 4.78 is 7.03. The van der Waals surface area contributed by atoms with E-state index in [0.29, 0.717) is 40.0 Å². The molecule has 1 saturated carbocycles. The summed E-state index contributed by atoms with van der Waals surface area (Å²) in [6.45, 7) is 6.19. The van der Waals surface area contributed by atoms with Crippen LogP contribution >= 0.6 is 11.3 Å². The third-order valence-electron chi connectivity index (χ3n) is 6.75. The van der Waals surface area contributed by atoms with Crippen LogP contribution in [0.4, 0.5) is 5.13 Å². The van der Waals surface area contributed by atoms with Crippen LogP contribution in [0.3, 0.4) is 0 Å². The molecule has 0 unspecified atom stereocenters. The molecule has 2 aliphatic carbocycles. The van der Waals surface area contributed by atoms with Gasteiger partial charge in [0.05, 0.1) is 34.0 Å². The molecule has 3 heterocycles. The number of carbonyl (C=O) groups excluding carboxylic acids is 3. The number of thiazole rings is 1. The standard InChI is InChI=1S/C24H27N5O4S/c1-12-18(13(2)28(4)27-12)11-29(16-5-6-16)23(32)15-9-19-21(20(30)10-15)34-24(25-19)26-22(31)17-7-8-33-14(17)3/h7-8,15-16H,5-6,9-11H2,1-4H3,(H,25,26,31)/t15-/m0/s1. The normalized spacial score (nSPS) is 17.5. The Bertz CT molecular complexity index is 1300. The Morgan fingerprint density at radius 2 is 2.03 bits per heavy atom. The molecule has 2 amide bonds. The van der Waals surface area contributed by atoms with Gasteiger partial charge in [0.15, 0.2) is 10.9 Å². The lowest BCUT2D eigenvalue weighted by atomic mass is 9.88. The Morgan fingerprint density at radius 3 is 2.65 bits per heavy atom. The molecule has 178 valence electrons. The Hall–Kier alpha value is -3.27. The Labute approximate surface area is 201 Å². The van der Waals surface area contributed by atoms with Gasteiger partial charge in [-0.2, -0.15) is 5.10 Å². The summed E-state index contributed by atoms with van der Waals surface area (Å²) in [6.07, 6.45) is 3.98. The average molecular weight is 482 g/mol. The maximum atomic E-state index is 13.6. The van der Waals surface area contributed by atoms with E-state index in [0.717, 1.165) is 29.8 Å². The third kappa shape index (κ3) is 4.06. The van der Waals surface area contributed by atoms with Crippen molar-refractivity contribution in [1.29, 1.82) is 0 Å². The number of rotatable bonds is 6. The van der Waals surface area contributed by atoms with Crippen LogP contribution in [-0.4, -0.2) is 43.3 Å². The van der Waals surface area contributed by atoms with Crippen LogP contribution in [0, 0.1) is 26.7 Å². The van der Waals surface area contributed by atoms with Crippen LogP contribution in [0.25, 0.3) is 0 Å². The van der Waals surface area contributed by atoms with Gasteiger partial charge in [-0.05, 0) is 39.7 Å². The number of hydrogen-bond donors (Lipinski definition) is 1. The second kappa shape index (κ2) is 8.50. The minimum atomic E-state index is -0.445. The van der Waals surface area contributed by atoms with E-state index in [1.165, 1.54) is 17.6 Å². The van der Waals surface area contributed by atoms with Crippen LogP contribution in [-0.2, 0) is 24.8 Å². The van der Waals surface area contributed by atoms with Crippen molar-refractivity contribution in [3.63, 3.8) is 0 Å². The van der Waals surface area contributed by atoms with E-state index in [4.69, 9.17) is 4.42 Å². The molecule has 10 heteroatoms. The zero-order valence-corrected chi connectivity index (χ0v) is 20.5. The fraction of sp³-hybridized carbons (Fsp3) is 0.458. The number of Topliss-reactive ketones (excluding diaryl/α,β-unsaturated/α-hetero) is 1. The quantitative estimate of drug-likeness (QED) is 0.576. The van der Waals surface area contributed by atoms with Gasteiger partial charge in [0.25, 0.3) is 5.91 Å². The summed E-state index contributed by atoms with van der Waals surface area (Å²) in [7, 11) is 1.91. The predicted molar refractivity (Wildman–Crippen MR) is 126 cm³/mol. The van der Waals surface area contributed by atoms with Crippen molar-refractivity contribution in [3.8, 4) is 0 Å². The summed E-state index contributed by atoms with van der Waals surface area (Å²) in [5.41, 5.74) is 4.05.